The van der Waals surface area contributed by atoms with Crippen molar-refractivity contribution >= 4 is 59.2 Å². The molecule has 18 nitrogen and oxygen atoms in total. The first kappa shape index (κ1) is 34.4. The average molecular weight is 669 g/mol. The molecule has 2 aliphatic rings. The van der Waals surface area contributed by atoms with E-state index in [1.165, 1.54) is 35.5 Å². The van der Waals surface area contributed by atoms with Crippen LogP contribution in [-0.4, -0.2) is 105 Å². The van der Waals surface area contributed by atoms with Gasteiger partial charge in [-0.25, -0.2) is 9.97 Å². The monoisotopic (exact) mass is 668 g/mol. The summed E-state index contributed by atoms with van der Waals surface area (Å²) in [7, 11) is 0. The SMILES string of the molecule is CC(=O)OC[C@H]1O[C@@H](n2c(=S)n([C@@H]3O[C@H](COC(C)=O)[C@@H](OC(C)=O)[C@H]3OC(C)=O)c3ncncc32)[C@H](OC(C)=O)[C@@H]1OC(C)=O. The summed E-state index contributed by atoms with van der Waals surface area (Å²) in [6.45, 7) is 6.18. The minimum Gasteiger partial charge on any atom is -0.463 e. The van der Waals surface area contributed by atoms with Crippen LogP contribution in [0.25, 0.3) is 11.2 Å². The zero-order valence-corrected chi connectivity index (χ0v) is 26.4. The van der Waals surface area contributed by atoms with E-state index in [0.29, 0.717) is 0 Å². The molecule has 0 aliphatic carbocycles. The topological polar surface area (TPSA) is 212 Å². The highest BCUT2D eigenvalue weighted by Gasteiger charge is 2.54. The normalized spacial score (nSPS) is 27.1. The van der Waals surface area contributed by atoms with Crippen LogP contribution in [-0.2, 0) is 66.7 Å². The zero-order chi connectivity index (χ0) is 33.9. The average Bonchev–Trinajstić information content (AvgIpc) is 3.54. The van der Waals surface area contributed by atoms with E-state index in [-0.39, 0.29) is 29.1 Å². The number of imidazole rings is 1. The summed E-state index contributed by atoms with van der Waals surface area (Å²) in [5.74, 6) is -4.24. The Bertz CT molecular complexity index is 1480. The van der Waals surface area contributed by atoms with Crippen LogP contribution in [0.3, 0.4) is 0 Å². The van der Waals surface area contributed by atoms with Crippen LogP contribution in [0.5, 0.6) is 0 Å². The molecular weight excluding hydrogens is 636 g/mol. The third-order valence-corrected chi connectivity index (χ3v) is 7.16. The lowest BCUT2D eigenvalue weighted by atomic mass is 10.1. The Morgan fingerprint density at radius 2 is 1.09 bits per heavy atom. The van der Waals surface area contributed by atoms with Gasteiger partial charge in [-0.05, 0) is 12.2 Å². The highest BCUT2D eigenvalue weighted by atomic mass is 32.1. The number of carbonyl (C=O) groups excluding carboxylic acids is 6. The molecule has 46 heavy (non-hydrogen) atoms. The van der Waals surface area contributed by atoms with Gasteiger partial charge in [0.05, 0.1) is 6.20 Å². The number of ether oxygens (including phenoxy) is 8. The Morgan fingerprint density at radius 1 is 0.674 bits per heavy atom. The van der Waals surface area contributed by atoms with Gasteiger partial charge in [-0.2, -0.15) is 0 Å². The predicted molar refractivity (Wildman–Crippen MR) is 150 cm³/mol. The van der Waals surface area contributed by atoms with Gasteiger partial charge in [-0.15, -0.1) is 0 Å². The Labute approximate surface area is 266 Å². The van der Waals surface area contributed by atoms with Gasteiger partial charge in [0.15, 0.2) is 47.3 Å². The highest BCUT2D eigenvalue weighted by molar-refractivity contribution is 7.71. The van der Waals surface area contributed by atoms with Crippen LogP contribution in [0.2, 0.25) is 0 Å². The first-order valence-corrected chi connectivity index (χ1v) is 14.3. The third kappa shape index (κ3) is 7.48. The molecule has 4 rings (SSSR count). The van der Waals surface area contributed by atoms with Crippen LogP contribution < -0.4 is 0 Å². The van der Waals surface area contributed by atoms with E-state index in [4.69, 9.17) is 50.1 Å². The van der Waals surface area contributed by atoms with Gasteiger partial charge >= 0.3 is 35.8 Å². The first-order valence-electron chi connectivity index (χ1n) is 13.9. The summed E-state index contributed by atoms with van der Waals surface area (Å²) in [5.41, 5.74) is 0.330. The molecule has 2 aliphatic heterocycles. The summed E-state index contributed by atoms with van der Waals surface area (Å²) < 4.78 is 47.3. The number of hydrogen-bond donors (Lipinski definition) is 0. The minimum atomic E-state index is -1.32. The predicted octanol–water partition coefficient (Wildman–Crippen LogP) is 0.610. The maximum absolute atomic E-state index is 12.2. The molecule has 0 unspecified atom stereocenters. The molecule has 0 bridgehead atoms. The summed E-state index contributed by atoms with van der Waals surface area (Å²) in [6, 6.07) is 0. The smallest absolute Gasteiger partial charge is 0.303 e. The van der Waals surface area contributed by atoms with Gasteiger partial charge in [0, 0.05) is 41.5 Å². The van der Waals surface area contributed by atoms with Gasteiger partial charge < -0.3 is 37.9 Å². The number of aromatic nitrogens is 4. The van der Waals surface area contributed by atoms with Gasteiger partial charge in [0.1, 0.15) is 37.3 Å². The van der Waals surface area contributed by atoms with E-state index in [9.17, 15) is 28.8 Å². The maximum atomic E-state index is 12.2. The van der Waals surface area contributed by atoms with E-state index >= 15 is 0 Å². The van der Waals surface area contributed by atoms with Crippen molar-refractivity contribution in [1.29, 1.82) is 0 Å². The van der Waals surface area contributed by atoms with Crippen molar-refractivity contribution in [2.45, 2.75) is 90.6 Å². The Kier molecular flexibility index (Phi) is 10.7. The fourth-order valence-electron chi connectivity index (χ4n) is 5.26. The fraction of sp³-hybridized carbons (Fsp3) is 0.593. The second-order valence-electron chi connectivity index (χ2n) is 10.3. The van der Waals surface area contributed by atoms with Crippen molar-refractivity contribution in [3.05, 3.63) is 17.3 Å². The van der Waals surface area contributed by atoms with Crippen molar-refractivity contribution in [1.82, 2.24) is 19.1 Å². The molecule has 250 valence electrons. The van der Waals surface area contributed by atoms with Crippen molar-refractivity contribution in [3.63, 3.8) is 0 Å². The van der Waals surface area contributed by atoms with Gasteiger partial charge in [0.2, 0.25) is 0 Å². The van der Waals surface area contributed by atoms with E-state index in [1.807, 2.05) is 0 Å². The van der Waals surface area contributed by atoms with Crippen LogP contribution in [0, 0.1) is 4.77 Å². The van der Waals surface area contributed by atoms with Gasteiger partial charge in [-0.3, -0.25) is 37.9 Å². The second kappa shape index (κ2) is 14.3. The molecule has 2 aromatic heterocycles. The lowest BCUT2D eigenvalue weighted by Gasteiger charge is -2.24. The number of carbonyl (C=O) groups is 6. The molecule has 4 heterocycles. The lowest BCUT2D eigenvalue weighted by Crippen LogP contribution is -2.41. The zero-order valence-electron chi connectivity index (χ0n) is 25.6. The number of fused-ring (bicyclic) bond motifs is 1. The molecule has 19 heteroatoms. The van der Waals surface area contributed by atoms with Crippen LogP contribution in [0.1, 0.15) is 54.0 Å². The number of esters is 6. The molecule has 2 aromatic rings. The number of rotatable bonds is 10. The third-order valence-electron chi connectivity index (χ3n) is 6.76. The van der Waals surface area contributed by atoms with Crippen molar-refractivity contribution in [2.24, 2.45) is 0 Å². The molecular formula is C27H32N4O14S. The quantitative estimate of drug-likeness (QED) is 0.193. The van der Waals surface area contributed by atoms with E-state index in [1.54, 1.807) is 0 Å². The van der Waals surface area contributed by atoms with Crippen LogP contribution in [0.15, 0.2) is 12.5 Å². The van der Waals surface area contributed by atoms with Crippen molar-refractivity contribution in [2.75, 3.05) is 13.2 Å². The van der Waals surface area contributed by atoms with Crippen LogP contribution >= 0.6 is 12.2 Å². The summed E-state index contributed by atoms with van der Waals surface area (Å²) >= 11 is 5.87. The number of hydrogen-bond acceptors (Lipinski definition) is 17. The van der Waals surface area contributed by atoms with Gasteiger partial charge in [-0.1, -0.05) is 0 Å². The minimum absolute atomic E-state index is 0.0933. The summed E-state index contributed by atoms with van der Waals surface area (Å²) in [6.07, 6.45) is -7.36. The molecule has 0 N–H and O–H groups in total. The molecule has 0 spiro atoms. The molecule has 2 fully saturated rings. The maximum Gasteiger partial charge on any atom is 0.303 e. The van der Waals surface area contributed by atoms with Crippen molar-refractivity contribution < 1.29 is 66.7 Å². The van der Waals surface area contributed by atoms with Gasteiger partial charge in [0.25, 0.3) is 0 Å². The van der Waals surface area contributed by atoms with Crippen molar-refractivity contribution in [3.8, 4) is 0 Å². The molecule has 0 aromatic carbocycles. The fourth-order valence-corrected chi connectivity index (χ4v) is 5.65. The summed E-state index contributed by atoms with van der Waals surface area (Å²) in [5, 5.41) is 0. The summed E-state index contributed by atoms with van der Waals surface area (Å²) in [4.78, 5) is 80.3. The lowest BCUT2D eigenvalue weighted by molar-refractivity contribution is -0.166. The molecule has 8 atom stereocenters. The first-order chi connectivity index (χ1) is 21.7. The molecule has 0 saturated carbocycles. The van der Waals surface area contributed by atoms with Crippen LogP contribution in [0.4, 0.5) is 0 Å². The highest BCUT2D eigenvalue weighted by Crippen LogP contribution is 2.40. The molecule has 0 radical (unpaired) electrons. The molecule has 0 amide bonds. The Morgan fingerprint density at radius 3 is 1.50 bits per heavy atom. The van der Waals surface area contributed by atoms with E-state index < -0.39 is 84.9 Å². The second-order valence-corrected chi connectivity index (χ2v) is 10.7. The Balaban J connectivity index is 1.88. The largest absolute Gasteiger partial charge is 0.463 e. The van der Waals surface area contributed by atoms with E-state index in [0.717, 1.165) is 27.7 Å². The van der Waals surface area contributed by atoms with E-state index in [2.05, 4.69) is 9.97 Å². The molecule has 2 saturated heterocycles. The number of nitrogens with zero attached hydrogens (tertiary/aromatic N) is 4. The Hall–Kier alpha value is -4.49. The standard InChI is InChI=1S/C27H32N4O14S/c1-11(32)38-8-18-20(40-13(3)34)22(42-15(5)36)25(44-18)30-17-7-28-10-29-24(17)31(27(30)46)26-23(43-16(6)37)21(41-14(4)35)19(45-26)9-39-12(2)33/h7,10,18-23,25-26H,8-9H2,1-6H3/t18-,19-,20-,21-,22-,23-,25-,26-/m1/s1.